The lowest BCUT2D eigenvalue weighted by atomic mass is 10.1. The molecule has 0 spiro atoms. The second kappa shape index (κ2) is 10.3. The highest BCUT2D eigenvalue weighted by Gasteiger charge is 2.27. The molecule has 0 bridgehead atoms. The number of carbonyl (C=O) groups excluding carboxylic acids is 1. The van der Waals surface area contributed by atoms with Crippen molar-refractivity contribution in [2.45, 2.75) is 25.7 Å². The Labute approximate surface area is 194 Å². The summed E-state index contributed by atoms with van der Waals surface area (Å²) in [6.45, 7) is 5.29. The van der Waals surface area contributed by atoms with Crippen LogP contribution in [-0.2, 0) is 14.8 Å². The first kappa shape index (κ1) is 24.0. The third kappa shape index (κ3) is 5.78. The first-order valence-corrected chi connectivity index (χ1v) is 11.8. The van der Waals surface area contributed by atoms with Gasteiger partial charge in [-0.05, 0) is 68.3 Å². The van der Waals surface area contributed by atoms with E-state index in [1.807, 2.05) is 39.0 Å². The number of rotatable bonds is 8. The smallest absolute Gasteiger partial charge is 0.264 e. The molecule has 0 aliphatic heterocycles. The molecule has 0 radical (unpaired) electrons. The summed E-state index contributed by atoms with van der Waals surface area (Å²) in [5.41, 5.74) is 6.38. The first-order valence-electron chi connectivity index (χ1n) is 10.3. The Kier molecular flexibility index (Phi) is 7.50. The van der Waals surface area contributed by atoms with Crippen LogP contribution in [0.2, 0.25) is 0 Å². The van der Waals surface area contributed by atoms with Gasteiger partial charge in [0.25, 0.3) is 15.9 Å². The molecule has 0 saturated heterocycles. The lowest BCUT2D eigenvalue weighted by Crippen LogP contribution is -2.39. The number of sulfonamides is 1. The molecule has 0 aliphatic carbocycles. The zero-order chi connectivity index (χ0) is 24.0. The quantitative estimate of drug-likeness (QED) is 0.403. The van der Waals surface area contributed by atoms with Gasteiger partial charge in [0, 0.05) is 5.56 Å². The molecule has 172 valence electrons. The highest BCUT2D eigenvalue weighted by Crippen LogP contribution is 2.26. The average molecular weight is 466 g/mol. The summed E-state index contributed by atoms with van der Waals surface area (Å²) in [6, 6.07) is 19.0. The number of anilines is 1. The predicted octanol–water partition coefficient (Wildman–Crippen LogP) is 3.97. The number of hydrogen-bond acceptors (Lipinski definition) is 5. The Morgan fingerprint density at radius 1 is 1.00 bits per heavy atom. The first-order chi connectivity index (χ1) is 15.7. The van der Waals surface area contributed by atoms with Gasteiger partial charge in [-0.1, -0.05) is 35.9 Å². The SMILES string of the molecule is COc1ccccc1/C=N\NC(=O)CN(c1ccc(C)c(C)c1)S(=O)(=O)c1ccc(C)cc1. The van der Waals surface area contributed by atoms with E-state index in [2.05, 4.69) is 10.5 Å². The minimum Gasteiger partial charge on any atom is -0.496 e. The second-order valence-corrected chi connectivity index (χ2v) is 9.49. The summed E-state index contributed by atoms with van der Waals surface area (Å²) in [5, 5.41) is 3.97. The van der Waals surface area contributed by atoms with Gasteiger partial charge in [0.15, 0.2) is 0 Å². The van der Waals surface area contributed by atoms with E-state index in [1.165, 1.54) is 18.3 Å². The van der Waals surface area contributed by atoms with Crippen LogP contribution in [0.25, 0.3) is 0 Å². The summed E-state index contributed by atoms with van der Waals surface area (Å²) < 4.78 is 33.2. The van der Waals surface area contributed by atoms with Gasteiger partial charge in [-0.25, -0.2) is 13.8 Å². The molecule has 3 rings (SSSR count). The molecular weight excluding hydrogens is 438 g/mol. The predicted molar refractivity (Wildman–Crippen MR) is 130 cm³/mol. The molecule has 0 atom stereocenters. The standard InChI is InChI=1S/C25H27N3O4S/c1-18-9-13-23(14-10-18)33(30,31)28(22-12-11-19(2)20(3)15-22)17-25(29)27-26-16-21-7-5-6-8-24(21)32-4/h5-16H,17H2,1-4H3,(H,27,29)/b26-16-. The maximum absolute atomic E-state index is 13.4. The highest BCUT2D eigenvalue weighted by atomic mass is 32.2. The normalized spacial score (nSPS) is 11.4. The lowest BCUT2D eigenvalue weighted by molar-refractivity contribution is -0.119. The van der Waals surface area contributed by atoms with Crippen LogP contribution in [0.4, 0.5) is 5.69 Å². The van der Waals surface area contributed by atoms with Gasteiger partial charge in [-0.15, -0.1) is 0 Å². The van der Waals surface area contributed by atoms with E-state index in [-0.39, 0.29) is 4.90 Å². The van der Waals surface area contributed by atoms with Gasteiger partial charge < -0.3 is 4.74 Å². The summed E-state index contributed by atoms with van der Waals surface area (Å²) in [4.78, 5) is 12.8. The van der Waals surface area contributed by atoms with Crippen molar-refractivity contribution in [2.75, 3.05) is 18.0 Å². The van der Waals surface area contributed by atoms with Crippen molar-refractivity contribution in [1.82, 2.24) is 5.43 Å². The second-order valence-electron chi connectivity index (χ2n) is 7.63. The van der Waals surface area contributed by atoms with Crippen LogP contribution in [-0.4, -0.2) is 34.2 Å². The number of amides is 1. The number of benzene rings is 3. The van der Waals surface area contributed by atoms with Crippen LogP contribution in [0.1, 0.15) is 22.3 Å². The molecule has 0 aromatic heterocycles. The minimum absolute atomic E-state index is 0.108. The Bertz CT molecular complexity index is 1270. The van der Waals surface area contributed by atoms with Crippen LogP contribution in [0.15, 0.2) is 76.7 Å². The van der Waals surface area contributed by atoms with Crippen molar-refractivity contribution < 1.29 is 17.9 Å². The van der Waals surface area contributed by atoms with Crippen molar-refractivity contribution in [1.29, 1.82) is 0 Å². The summed E-state index contributed by atoms with van der Waals surface area (Å²) in [7, 11) is -2.44. The maximum Gasteiger partial charge on any atom is 0.264 e. The van der Waals surface area contributed by atoms with E-state index >= 15 is 0 Å². The van der Waals surface area contributed by atoms with Crippen LogP contribution in [0.5, 0.6) is 5.75 Å². The van der Waals surface area contributed by atoms with E-state index in [4.69, 9.17) is 4.74 Å². The number of methoxy groups -OCH3 is 1. The lowest BCUT2D eigenvalue weighted by Gasteiger charge is -2.24. The van der Waals surface area contributed by atoms with Gasteiger partial charge in [0.2, 0.25) is 0 Å². The van der Waals surface area contributed by atoms with Gasteiger partial charge in [0.05, 0.1) is 23.9 Å². The van der Waals surface area contributed by atoms with Gasteiger partial charge >= 0.3 is 0 Å². The summed E-state index contributed by atoms with van der Waals surface area (Å²) >= 11 is 0. The third-order valence-electron chi connectivity index (χ3n) is 5.21. The van der Waals surface area contributed by atoms with E-state index in [0.29, 0.717) is 17.0 Å². The molecule has 0 unspecified atom stereocenters. The Morgan fingerprint density at radius 3 is 2.36 bits per heavy atom. The molecule has 7 nitrogen and oxygen atoms in total. The molecule has 0 saturated carbocycles. The fourth-order valence-electron chi connectivity index (χ4n) is 3.15. The van der Waals surface area contributed by atoms with Crippen LogP contribution in [0.3, 0.4) is 0 Å². The van der Waals surface area contributed by atoms with E-state index in [9.17, 15) is 13.2 Å². The van der Waals surface area contributed by atoms with Crippen LogP contribution < -0.4 is 14.5 Å². The van der Waals surface area contributed by atoms with E-state index in [0.717, 1.165) is 21.0 Å². The monoisotopic (exact) mass is 465 g/mol. The number of hydrogen-bond donors (Lipinski definition) is 1. The number of nitrogens with one attached hydrogen (secondary N) is 1. The molecular formula is C25H27N3O4S. The van der Waals surface area contributed by atoms with Crippen molar-refractivity contribution in [2.24, 2.45) is 5.10 Å². The number of hydrazone groups is 1. The summed E-state index contributed by atoms with van der Waals surface area (Å²) in [6.07, 6.45) is 1.45. The zero-order valence-electron chi connectivity index (χ0n) is 19.1. The van der Waals surface area contributed by atoms with Crippen molar-refractivity contribution >= 4 is 27.8 Å². The fraction of sp³-hybridized carbons (Fsp3) is 0.200. The van der Waals surface area contributed by atoms with Crippen molar-refractivity contribution in [3.05, 3.63) is 89.0 Å². The molecule has 0 aliphatic rings. The van der Waals surface area contributed by atoms with E-state index in [1.54, 1.807) is 43.5 Å². The van der Waals surface area contributed by atoms with Gasteiger partial charge in [0.1, 0.15) is 12.3 Å². The maximum atomic E-state index is 13.4. The van der Waals surface area contributed by atoms with Crippen molar-refractivity contribution in [3.8, 4) is 5.75 Å². The third-order valence-corrected chi connectivity index (χ3v) is 6.99. The largest absolute Gasteiger partial charge is 0.496 e. The Morgan fingerprint density at radius 2 is 1.70 bits per heavy atom. The molecule has 1 N–H and O–H groups in total. The topological polar surface area (TPSA) is 88.1 Å². The van der Waals surface area contributed by atoms with Crippen LogP contribution in [0, 0.1) is 20.8 Å². The van der Waals surface area contributed by atoms with Crippen molar-refractivity contribution in [3.63, 3.8) is 0 Å². The highest BCUT2D eigenvalue weighted by molar-refractivity contribution is 7.92. The Hall–Kier alpha value is -3.65. The van der Waals surface area contributed by atoms with Gasteiger partial charge in [-0.3, -0.25) is 9.10 Å². The molecule has 8 heteroatoms. The molecule has 33 heavy (non-hydrogen) atoms. The number of ether oxygens (including phenoxy) is 1. The number of nitrogens with zero attached hydrogens (tertiary/aromatic N) is 2. The van der Waals surface area contributed by atoms with E-state index < -0.39 is 22.5 Å². The number of para-hydroxylation sites is 1. The summed E-state index contributed by atoms with van der Waals surface area (Å²) in [5.74, 6) is 0.0317. The van der Waals surface area contributed by atoms with Gasteiger partial charge in [-0.2, -0.15) is 5.10 Å². The number of carbonyl (C=O) groups is 1. The molecule has 3 aromatic rings. The zero-order valence-corrected chi connectivity index (χ0v) is 19.9. The fourth-order valence-corrected chi connectivity index (χ4v) is 4.56. The average Bonchev–Trinajstić information content (AvgIpc) is 2.80. The minimum atomic E-state index is -3.98. The molecule has 1 amide bonds. The Balaban J connectivity index is 1.88. The molecule has 0 fully saturated rings. The number of aryl methyl sites for hydroxylation is 3. The molecule has 3 aromatic carbocycles. The van der Waals surface area contributed by atoms with Crippen LogP contribution >= 0.6 is 0 Å². The molecule has 0 heterocycles.